The molecule has 6 nitrogen and oxygen atoms in total. The van der Waals surface area contributed by atoms with Gasteiger partial charge >= 0.3 is 0 Å². The van der Waals surface area contributed by atoms with E-state index in [1.807, 2.05) is 0 Å². The number of nitrogens with zero attached hydrogens (tertiary/aromatic N) is 1. The molecule has 2 heterocycles. The van der Waals surface area contributed by atoms with E-state index >= 15 is 0 Å². The Morgan fingerprint density at radius 1 is 1.00 bits per heavy atom. The lowest BCUT2D eigenvalue weighted by molar-refractivity contribution is -0.181. The van der Waals surface area contributed by atoms with E-state index in [4.69, 9.17) is 9.47 Å². The standard InChI is InChI=1S/C22H23FN2O4/c23-19-7-2-1-4-18(19)15-24-20(26)16-5-3-6-17(14-16)21(27)25-10-8-22(9-11-25)28-12-13-29-22/h1-7,14H,8-13,15H2,(H,24,26). The Hall–Kier alpha value is -2.77. The maximum Gasteiger partial charge on any atom is 0.253 e. The molecule has 0 radical (unpaired) electrons. The van der Waals surface area contributed by atoms with E-state index in [9.17, 15) is 14.0 Å². The quantitative estimate of drug-likeness (QED) is 0.860. The maximum absolute atomic E-state index is 13.7. The number of likely N-dealkylation sites (tertiary alicyclic amines) is 1. The van der Waals surface area contributed by atoms with Crippen LogP contribution in [0.5, 0.6) is 0 Å². The summed E-state index contributed by atoms with van der Waals surface area (Å²) in [5.74, 6) is -1.38. The zero-order valence-electron chi connectivity index (χ0n) is 16.0. The van der Waals surface area contributed by atoms with Gasteiger partial charge in [0.2, 0.25) is 0 Å². The average Bonchev–Trinajstić information content (AvgIpc) is 3.21. The van der Waals surface area contributed by atoms with Crippen LogP contribution in [0.3, 0.4) is 0 Å². The number of ether oxygens (including phenoxy) is 2. The van der Waals surface area contributed by atoms with Gasteiger partial charge in [0.1, 0.15) is 5.82 Å². The molecule has 0 atom stereocenters. The third kappa shape index (κ3) is 4.31. The van der Waals surface area contributed by atoms with Crippen molar-refractivity contribution in [1.29, 1.82) is 0 Å². The van der Waals surface area contributed by atoms with Crippen molar-refractivity contribution in [2.75, 3.05) is 26.3 Å². The van der Waals surface area contributed by atoms with Crippen LogP contribution in [-0.2, 0) is 16.0 Å². The lowest BCUT2D eigenvalue weighted by Gasteiger charge is -2.37. The SMILES string of the molecule is O=C(NCc1ccccc1F)c1cccc(C(=O)N2CCC3(CC2)OCCO3)c1. The van der Waals surface area contributed by atoms with Gasteiger partial charge in [-0.25, -0.2) is 4.39 Å². The Labute approximate surface area is 168 Å². The first kappa shape index (κ1) is 19.5. The summed E-state index contributed by atoms with van der Waals surface area (Å²) in [4.78, 5) is 27.1. The van der Waals surface area contributed by atoms with Gasteiger partial charge in [-0.2, -0.15) is 0 Å². The van der Waals surface area contributed by atoms with Gasteiger partial charge in [-0.15, -0.1) is 0 Å². The number of rotatable bonds is 4. The van der Waals surface area contributed by atoms with E-state index in [-0.39, 0.29) is 24.2 Å². The van der Waals surface area contributed by atoms with Crippen LogP contribution in [0.1, 0.15) is 39.1 Å². The minimum absolute atomic E-state index is 0.0812. The number of hydrogen-bond donors (Lipinski definition) is 1. The molecule has 2 fully saturated rings. The van der Waals surface area contributed by atoms with Gasteiger partial charge in [-0.1, -0.05) is 24.3 Å². The summed E-state index contributed by atoms with van der Waals surface area (Å²) < 4.78 is 25.1. The maximum atomic E-state index is 13.7. The Kier molecular flexibility index (Phi) is 5.60. The molecule has 1 spiro atoms. The van der Waals surface area contributed by atoms with E-state index in [1.54, 1.807) is 47.4 Å². The first-order chi connectivity index (χ1) is 14.1. The molecule has 7 heteroatoms. The summed E-state index contributed by atoms with van der Waals surface area (Å²) in [5, 5.41) is 2.70. The third-order valence-corrected chi connectivity index (χ3v) is 5.39. The Balaban J connectivity index is 1.38. The highest BCUT2D eigenvalue weighted by molar-refractivity contribution is 5.99. The molecule has 2 aromatic carbocycles. The number of hydrogen-bond acceptors (Lipinski definition) is 4. The fourth-order valence-electron chi connectivity index (χ4n) is 3.73. The Morgan fingerprint density at radius 2 is 1.69 bits per heavy atom. The molecular weight excluding hydrogens is 375 g/mol. The third-order valence-electron chi connectivity index (χ3n) is 5.39. The van der Waals surface area contributed by atoms with Gasteiger partial charge in [0.05, 0.1) is 13.2 Å². The predicted molar refractivity (Wildman–Crippen MR) is 104 cm³/mol. The monoisotopic (exact) mass is 398 g/mol. The number of benzene rings is 2. The van der Waals surface area contributed by atoms with Crippen LogP contribution in [0.15, 0.2) is 48.5 Å². The van der Waals surface area contributed by atoms with Gasteiger partial charge in [-0.05, 0) is 24.3 Å². The van der Waals surface area contributed by atoms with Crippen LogP contribution in [0.2, 0.25) is 0 Å². The van der Waals surface area contributed by atoms with Gasteiger partial charge < -0.3 is 19.7 Å². The minimum Gasteiger partial charge on any atom is -0.348 e. The predicted octanol–water partition coefficient (Wildman–Crippen LogP) is 2.73. The highest BCUT2D eigenvalue weighted by Gasteiger charge is 2.40. The molecule has 2 saturated heterocycles. The zero-order chi connectivity index (χ0) is 20.3. The van der Waals surface area contributed by atoms with Gasteiger partial charge in [0, 0.05) is 49.2 Å². The van der Waals surface area contributed by atoms with Crippen LogP contribution < -0.4 is 5.32 Å². The van der Waals surface area contributed by atoms with E-state index in [0.717, 1.165) is 0 Å². The summed E-state index contributed by atoms with van der Waals surface area (Å²) in [6.07, 6.45) is 1.28. The minimum atomic E-state index is -0.536. The fraction of sp³-hybridized carbons (Fsp3) is 0.364. The molecule has 0 aliphatic carbocycles. The molecule has 4 rings (SSSR count). The first-order valence-corrected chi connectivity index (χ1v) is 9.75. The van der Waals surface area contributed by atoms with Crippen LogP contribution in [0.25, 0.3) is 0 Å². The lowest BCUT2D eigenvalue weighted by atomic mass is 10.0. The molecule has 0 bridgehead atoms. The number of nitrogens with one attached hydrogen (secondary N) is 1. The molecule has 2 aliphatic heterocycles. The molecular formula is C22H23FN2O4. The summed E-state index contributed by atoms with van der Waals surface area (Å²) in [7, 11) is 0. The van der Waals surface area contributed by atoms with Crippen LogP contribution in [-0.4, -0.2) is 48.8 Å². The van der Waals surface area contributed by atoms with Crippen LogP contribution in [0.4, 0.5) is 4.39 Å². The van der Waals surface area contributed by atoms with E-state index in [0.29, 0.717) is 55.8 Å². The normalized spacial score (nSPS) is 18.0. The van der Waals surface area contributed by atoms with Crippen molar-refractivity contribution in [3.63, 3.8) is 0 Å². The van der Waals surface area contributed by atoms with Crippen molar-refractivity contribution in [1.82, 2.24) is 10.2 Å². The molecule has 0 unspecified atom stereocenters. The molecule has 29 heavy (non-hydrogen) atoms. The smallest absolute Gasteiger partial charge is 0.253 e. The molecule has 2 amide bonds. The number of carbonyl (C=O) groups excluding carboxylic acids is 2. The first-order valence-electron chi connectivity index (χ1n) is 9.75. The van der Waals surface area contributed by atoms with E-state index in [1.165, 1.54) is 6.07 Å². The van der Waals surface area contributed by atoms with Crippen molar-refractivity contribution in [3.8, 4) is 0 Å². The Bertz CT molecular complexity index is 901. The van der Waals surface area contributed by atoms with Gasteiger partial charge in [0.15, 0.2) is 5.79 Å². The molecule has 0 aromatic heterocycles. The van der Waals surface area contributed by atoms with Crippen molar-refractivity contribution in [2.24, 2.45) is 0 Å². The summed E-state index contributed by atoms with van der Waals surface area (Å²) in [6, 6.07) is 12.9. The van der Waals surface area contributed by atoms with Crippen LogP contribution in [0, 0.1) is 5.82 Å². The van der Waals surface area contributed by atoms with Crippen LogP contribution >= 0.6 is 0 Å². The summed E-state index contributed by atoms with van der Waals surface area (Å²) in [6.45, 7) is 2.36. The summed E-state index contributed by atoms with van der Waals surface area (Å²) >= 11 is 0. The van der Waals surface area contributed by atoms with Crippen molar-refractivity contribution >= 4 is 11.8 Å². The van der Waals surface area contributed by atoms with Crippen molar-refractivity contribution in [3.05, 3.63) is 71.0 Å². The fourth-order valence-corrected chi connectivity index (χ4v) is 3.73. The number of amides is 2. The van der Waals surface area contributed by atoms with Gasteiger partial charge in [-0.3, -0.25) is 9.59 Å². The van der Waals surface area contributed by atoms with Crippen molar-refractivity contribution in [2.45, 2.75) is 25.2 Å². The number of piperidine rings is 1. The molecule has 2 aliphatic rings. The van der Waals surface area contributed by atoms with Gasteiger partial charge in [0.25, 0.3) is 11.8 Å². The highest BCUT2D eigenvalue weighted by atomic mass is 19.1. The molecule has 0 saturated carbocycles. The summed E-state index contributed by atoms with van der Waals surface area (Å²) in [5.41, 5.74) is 1.22. The molecule has 1 N–H and O–H groups in total. The molecule has 2 aromatic rings. The average molecular weight is 398 g/mol. The highest BCUT2D eigenvalue weighted by Crippen LogP contribution is 2.31. The largest absolute Gasteiger partial charge is 0.348 e. The van der Waals surface area contributed by atoms with E-state index < -0.39 is 5.79 Å². The molecule has 152 valence electrons. The number of carbonyl (C=O) groups is 2. The second kappa shape index (κ2) is 8.31. The number of halogens is 1. The second-order valence-corrected chi connectivity index (χ2v) is 7.25. The Morgan fingerprint density at radius 3 is 2.41 bits per heavy atom. The lowest BCUT2D eigenvalue weighted by Crippen LogP contribution is -2.47. The topological polar surface area (TPSA) is 67.9 Å². The second-order valence-electron chi connectivity index (χ2n) is 7.25. The van der Waals surface area contributed by atoms with Crippen molar-refractivity contribution < 1.29 is 23.5 Å². The van der Waals surface area contributed by atoms with E-state index in [2.05, 4.69) is 5.32 Å². The zero-order valence-corrected chi connectivity index (χ0v) is 16.0.